The summed E-state index contributed by atoms with van der Waals surface area (Å²) >= 11 is 3.11. The number of hydrogen-bond acceptors (Lipinski definition) is 2. The molecule has 1 saturated carbocycles. The van der Waals surface area contributed by atoms with Crippen molar-refractivity contribution in [3.8, 4) is 0 Å². The number of hydrogen-bond donors (Lipinski definition) is 1. The summed E-state index contributed by atoms with van der Waals surface area (Å²) in [6, 6.07) is 4.06. The van der Waals surface area contributed by atoms with Crippen LogP contribution in [0.15, 0.2) is 22.7 Å². The number of halogens is 4. The summed E-state index contributed by atoms with van der Waals surface area (Å²) in [4.78, 5) is 0. The van der Waals surface area contributed by atoms with Gasteiger partial charge in [-0.15, -0.1) is 0 Å². The van der Waals surface area contributed by atoms with Crippen LogP contribution >= 0.6 is 15.9 Å². The molecular formula is C13H15BrF3NO. The van der Waals surface area contributed by atoms with Crippen LogP contribution in [0.3, 0.4) is 0 Å². The molecule has 2 nitrogen and oxygen atoms in total. The number of anilines is 1. The molecule has 2 rings (SSSR count). The van der Waals surface area contributed by atoms with Crippen LogP contribution in [0.1, 0.15) is 25.3 Å². The molecule has 0 saturated heterocycles. The monoisotopic (exact) mass is 337 g/mol. The fourth-order valence-electron chi connectivity index (χ4n) is 2.13. The van der Waals surface area contributed by atoms with Gasteiger partial charge in [0.05, 0.1) is 11.7 Å². The number of nitrogens with one attached hydrogen (secondary N) is 1. The van der Waals surface area contributed by atoms with Crippen molar-refractivity contribution >= 4 is 21.6 Å². The third-order valence-electron chi connectivity index (χ3n) is 3.09. The summed E-state index contributed by atoms with van der Waals surface area (Å²) < 4.78 is 43.9. The topological polar surface area (TPSA) is 21.3 Å². The summed E-state index contributed by atoms with van der Waals surface area (Å²) in [5.74, 6) is 0. The summed E-state index contributed by atoms with van der Waals surface area (Å²) in [6.45, 7) is 2.61. The van der Waals surface area contributed by atoms with Gasteiger partial charge in [-0.25, -0.2) is 0 Å². The fourth-order valence-corrected chi connectivity index (χ4v) is 2.62. The molecule has 0 unspecified atom stereocenters. The zero-order valence-corrected chi connectivity index (χ0v) is 12.0. The van der Waals surface area contributed by atoms with Gasteiger partial charge in [0.15, 0.2) is 0 Å². The molecule has 0 aliphatic heterocycles. The zero-order chi connectivity index (χ0) is 14.0. The number of ether oxygens (including phenoxy) is 1. The maximum atomic E-state index is 12.7. The Morgan fingerprint density at radius 3 is 2.58 bits per heavy atom. The van der Waals surface area contributed by atoms with Crippen LogP contribution in [0.5, 0.6) is 0 Å². The number of alkyl halides is 3. The minimum absolute atomic E-state index is 0.187. The zero-order valence-electron chi connectivity index (χ0n) is 10.4. The van der Waals surface area contributed by atoms with Crippen molar-refractivity contribution in [3.05, 3.63) is 28.2 Å². The second-order valence-corrected chi connectivity index (χ2v) is 5.53. The molecule has 0 spiro atoms. The highest BCUT2D eigenvalue weighted by atomic mass is 79.9. The van der Waals surface area contributed by atoms with E-state index in [0.717, 1.165) is 25.0 Å². The molecule has 0 atom stereocenters. The van der Waals surface area contributed by atoms with E-state index >= 15 is 0 Å². The molecule has 19 heavy (non-hydrogen) atoms. The van der Waals surface area contributed by atoms with Crippen molar-refractivity contribution in [1.29, 1.82) is 0 Å². The van der Waals surface area contributed by atoms with Gasteiger partial charge in [0, 0.05) is 22.8 Å². The molecule has 0 bridgehead atoms. The van der Waals surface area contributed by atoms with Crippen molar-refractivity contribution in [2.45, 2.75) is 38.1 Å². The van der Waals surface area contributed by atoms with Gasteiger partial charge in [-0.2, -0.15) is 13.2 Å². The lowest BCUT2D eigenvalue weighted by Gasteiger charge is -2.36. The molecule has 0 amide bonds. The SMILES string of the molecule is CCOC1CC(Nc2cc(Br)cc(C(F)(F)F)c2)C1. The molecule has 1 fully saturated rings. The van der Waals surface area contributed by atoms with Crippen molar-refractivity contribution in [1.82, 2.24) is 0 Å². The Morgan fingerprint density at radius 2 is 2.00 bits per heavy atom. The second kappa shape index (κ2) is 5.71. The Hall–Kier alpha value is -0.750. The van der Waals surface area contributed by atoms with E-state index in [2.05, 4.69) is 21.2 Å². The van der Waals surface area contributed by atoms with Gasteiger partial charge < -0.3 is 10.1 Å². The summed E-state index contributed by atoms with van der Waals surface area (Å²) in [5.41, 5.74) is -0.160. The normalized spacial score (nSPS) is 23.0. The molecule has 6 heteroatoms. The molecule has 1 N–H and O–H groups in total. The molecule has 0 aromatic heterocycles. The van der Waals surface area contributed by atoms with Crippen molar-refractivity contribution < 1.29 is 17.9 Å². The first-order valence-electron chi connectivity index (χ1n) is 6.14. The Bertz CT molecular complexity index is 444. The van der Waals surface area contributed by atoms with E-state index in [-0.39, 0.29) is 12.1 Å². The van der Waals surface area contributed by atoms with Crippen molar-refractivity contribution in [2.75, 3.05) is 11.9 Å². The standard InChI is InChI=1S/C13H15BrF3NO/c1-2-19-12-6-11(7-12)18-10-4-8(13(15,16)17)3-9(14)5-10/h3-5,11-12,18H,2,6-7H2,1H3. The van der Waals surface area contributed by atoms with Crippen LogP contribution in [-0.2, 0) is 10.9 Å². The number of benzene rings is 1. The van der Waals surface area contributed by atoms with E-state index in [9.17, 15) is 13.2 Å². The highest BCUT2D eigenvalue weighted by Crippen LogP contribution is 2.35. The van der Waals surface area contributed by atoms with Gasteiger partial charge in [-0.1, -0.05) is 15.9 Å². The van der Waals surface area contributed by atoms with E-state index in [1.54, 1.807) is 6.07 Å². The molecule has 1 aliphatic carbocycles. The van der Waals surface area contributed by atoms with Gasteiger partial charge in [0.25, 0.3) is 0 Å². The van der Waals surface area contributed by atoms with E-state index in [1.165, 1.54) is 0 Å². The van der Waals surface area contributed by atoms with Gasteiger partial charge in [0.1, 0.15) is 0 Å². The maximum Gasteiger partial charge on any atom is 0.416 e. The first-order chi connectivity index (χ1) is 8.88. The van der Waals surface area contributed by atoms with Gasteiger partial charge in [-0.3, -0.25) is 0 Å². The van der Waals surface area contributed by atoms with Crippen LogP contribution in [0, 0.1) is 0 Å². The summed E-state index contributed by atoms with van der Waals surface area (Å²) in [5, 5.41) is 3.11. The Balaban J connectivity index is 2.00. The van der Waals surface area contributed by atoms with Gasteiger partial charge >= 0.3 is 6.18 Å². The quantitative estimate of drug-likeness (QED) is 0.876. The van der Waals surface area contributed by atoms with E-state index in [1.807, 2.05) is 6.92 Å². The maximum absolute atomic E-state index is 12.7. The predicted octanol–water partition coefficient (Wildman–Crippen LogP) is 4.45. The van der Waals surface area contributed by atoms with E-state index < -0.39 is 11.7 Å². The van der Waals surface area contributed by atoms with Gasteiger partial charge in [0.2, 0.25) is 0 Å². The minimum atomic E-state index is -4.33. The first kappa shape index (κ1) is 14.7. The fraction of sp³-hybridized carbons (Fsp3) is 0.538. The molecular weight excluding hydrogens is 323 g/mol. The molecule has 1 aliphatic rings. The number of rotatable bonds is 4. The average molecular weight is 338 g/mol. The van der Waals surface area contributed by atoms with E-state index in [4.69, 9.17) is 4.74 Å². The third-order valence-corrected chi connectivity index (χ3v) is 3.55. The smallest absolute Gasteiger partial charge is 0.382 e. The molecule has 106 valence electrons. The highest BCUT2D eigenvalue weighted by molar-refractivity contribution is 9.10. The molecule has 0 radical (unpaired) electrons. The predicted molar refractivity (Wildman–Crippen MR) is 71.2 cm³/mol. The van der Waals surface area contributed by atoms with Crippen LogP contribution in [0.25, 0.3) is 0 Å². The van der Waals surface area contributed by atoms with Crippen molar-refractivity contribution in [3.63, 3.8) is 0 Å². The van der Waals surface area contributed by atoms with Crippen molar-refractivity contribution in [2.24, 2.45) is 0 Å². The van der Waals surface area contributed by atoms with Crippen LogP contribution in [0.4, 0.5) is 18.9 Å². The lowest BCUT2D eigenvalue weighted by molar-refractivity contribution is -0.137. The van der Waals surface area contributed by atoms with E-state index in [0.29, 0.717) is 16.8 Å². The average Bonchev–Trinajstić information content (AvgIpc) is 2.24. The van der Waals surface area contributed by atoms with Crippen LogP contribution in [-0.4, -0.2) is 18.8 Å². The lowest BCUT2D eigenvalue weighted by Crippen LogP contribution is -2.40. The summed E-state index contributed by atoms with van der Waals surface area (Å²) in [6.07, 6.45) is -2.42. The molecule has 1 aromatic carbocycles. The second-order valence-electron chi connectivity index (χ2n) is 4.62. The first-order valence-corrected chi connectivity index (χ1v) is 6.93. The summed E-state index contributed by atoms with van der Waals surface area (Å²) in [7, 11) is 0. The largest absolute Gasteiger partial charge is 0.416 e. The highest BCUT2D eigenvalue weighted by Gasteiger charge is 2.32. The van der Waals surface area contributed by atoms with Gasteiger partial charge in [-0.05, 0) is 38.0 Å². The van der Waals surface area contributed by atoms with Crippen LogP contribution < -0.4 is 5.32 Å². The molecule has 0 heterocycles. The Kier molecular flexibility index (Phi) is 4.40. The lowest BCUT2D eigenvalue weighted by atomic mass is 9.89. The Morgan fingerprint density at radius 1 is 1.32 bits per heavy atom. The molecule has 1 aromatic rings. The Labute approximate surface area is 118 Å². The third kappa shape index (κ3) is 3.86. The van der Waals surface area contributed by atoms with Crippen LogP contribution in [0.2, 0.25) is 0 Å². The minimum Gasteiger partial charge on any atom is -0.382 e.